The van der Waals surface area contributed by atoms with Gasteiger partial charge in [-0.1, -0.05) is 54.1 Å². The number of sulfonamides is 1. The smallest absolute Gasteiger partial charge is 0.261 e. The van der Waals surface area contributed by atoms with Crippen molar-refractivity contribution < 1.29 is 13.2 Å². The number of carbonyl (C=O) groups excluding carboxylic acids is 1. The van der Waals surface area contributed by atoms with E-state index >= 15 is 0 Å². The van der Waals surface area contributed by atoms with Crippen LogP contribution in [0.3, 0.4) is 0 Å². The van der Waals surface area contributed by atoms with E-state index in [4.69, 9.17) is 0 Å². The predicted molar refractivity (Wildman–Crippen MR) is 111 cm³/mol. The van der Waals surface area contributed by atoms with Crippen molar-refractivity contribution >= 4 is 21.6 Å². The average molecular weight is 394 g/mol. The molecule has 0 bridgehead atoms. The second-order valence-electron chi connectivity index (χ2n) is 6.61. The first-order valence-electron chi connectivity index (χ1n) is 8.90. The van der Waals surface area contributed by atoms with Crippen LogP contribution in [0, 0.1) is 6.92 Å². The van der Waals surface area contributed by atoms with Gasteiger partial charge in [-0.05, 0) is 49.7 Å². The molecule has 0 spiro atoms. The van der Waals surface area contributed by atoms with Crippen LogP contribution in [0.2, 0.25) is 0 Å². The first-order chi connectivity index (χ1) is 13.3. The van der Waals surface area contributed by atoms with Gasteiger partial charge in [-0.25, -0.2) is 8.42 Å². The van der Waals surface area contributed by atoms with E-state index in [9.17, 15) is 13.2 Å². The standard InChI is InChI=1S/C22H22N2O3S/c1-16-11-13-21(14-12-16)28(26,27)24-20-10-6-9-19(15-20)22(25)23-17(2)18-7-4-3-5-8-18/h3-15,17,24H,1-2H3,(H,23,25)/t17-/m1/s1. The van der Waals surface area contributed by atoms with Crippen molar-refractivity contribution in [2.45, 2.75) is 24.8 Å². The van der Waals surface area contributed by atoms with Gasteiger partial charge in [0.05, 0.1) is 10.9 Å². The molecule has 3 aromatic carbocycles. The molecular formula is C22H22N2O3S. The molecule has 28 heavy (non-hydrogen) atoms. The van der Waals surface area contributed by atoms with Gasteiger partial charge in [-0.2, -0.15) is 0 Å². The van der Waals surface area contributed by atoms with E-state index < -0.39 is 10.0 Å². The lowest BCUT2D eigenvalue weighted by atomic mass is 10.1. The van der Waals surface area contributed by atoms with E-state index in [1.807, 2.05) is 44.2 Å². The molecule has 1 amide bonds. The van der Waals surface area contributed by atoms with E-state index in [1.165, 1.54) is 6.07 Å². The summed E-state index contributed by atoms with van der Waals surface area (Å²) in [5.74, 6) is -0.271. The summed E-state index contributed by atoms with van der Waals surface area (Å²) in [7, 11) is -3.72. The Morgan fingerprint density at radius 1 is 0.893 bits per heavy atom. The third-order valence-electron chi connectivity index (χ3n) is 4.36. The summed E-state index contributed by atoms with van der Waals surface area (Å²) in [6.45, 7) is 3.79. The van der Waals surface area contributed by atoms with Crippen LogP contribution in [0.5, 0.6) is 0 Å². The lowest BCUT2D eigenvalue weighted by molar-refractivity contribution is 0.0940. The first-order valence-corrected chi connectivity index (χ1v) is 10.4. The lowest BCUT2D eigenvalue weighted by Gasteiger charge is -2.15. The Bertz CT molecular complexity index is 1060. The van der Waals surface area contributed by atoms with Gasteiger partial charge < -0.3 is 5.32 Å². The normalized spacial score (nSPS) is 12.2. The molecule has 0 unspecified atom stereocenters. The summed E-state index contributed by atoms with van der Waals surface area (Å²) in [4.78, 5) is 12.7. The van der Waals surface area contributed by atoms with Gasteiger partial charge in [-0.3, -0.25) is 9.52 Å². The molecular weight excluding hydrogens is 372 g/mol. The van der Waals surface area contributed by atoms with Gasteiger partial charge >= 0.3 is 0 Å². The van der Waals surface area contributed by atoms with E-state index in [-0.39, 0.29) is 16.8 Å². The van der Waals surface area contributed by atoms with Crippen molar-refractivity contribution in [1.82, 2.24) is 5.32 Å². The zero-order valence-corrected chi connectivity index (χ0v) is 16.5. The molecule has 0 aliphatic rings. The lowest BCUT2D eigenvalue weighted by Crippen LogP contribution is -2.26. The quantitative estimate of drug-likeness (QED) is 0.655. The minimum Gasteiger partial charge on any atom is -0.346 e. The molecule has 0 heterocycles. The molecule has 1 atom stereocenters. The molecule has 3 rings (SSSR count). The number of hydrogen-bond acceptors (Lipinski definition) is 3. The minimum atomic E-state index is -3.72. The molecule has 0 aromatic heterocycles. The van der Waals surface area contributed by atoms with Crippen molar-refractivity contribution in [3.05, 3.63) is 95.6 Å². The van der Waals surface area contributed by atoms with E-state index in [0.717, 1.165) is 11.1 Å². The van der Waals surface area contributed by atoms with Gasteiger partial charge in [0.15, 0.2) is 0 Å². The summed E-state index contributed by atoms with van der Waals surface area (Å²) >= 11 is 0. The van der Waals surface area contributed by atoms with Crippen LogP contribution >= 0.6 is 0 Å². The molecule has 0 saturated carbocycles. The minimum absolute atomic E-state index is 0.165. The number of aryl methyl sites for hydroxylation is 1. The fraction of sp³-hybridized carbons (Fsp3) is 0.136. The summed E-state index contributed by atoms with van der Waals surface area (Å²) in [6, 6.07) is 22.5. The van der Waals surface area contributed by atoms with Crippen LogP contribution in [0.25, 0.3) is 0 Å². The average Bonchev–Trinajstić information content (AvgIpc) is 2.69. The molecule has 5 nitrogen and oxygen atoms in total. The van der Waals surface area contributed by atoms with Crippen LogP contribution in [0.4, 0.5) is 5.69 Å². The maximum atomic E-state index is 12.6. The van der Waals surface area contributed by atoms with Crippen molar-refractivity contribution in [1.29, 1.82) is 0 Å². The van der Waals surface area contributed by atoms with Gasteiger partial charge in [0.1, 0.15) is 0 Å². The van der Waals surface area contributed by atoms with Crippen molar-refractivity contribution in [3.8, 4) is 0 Å². The molecule has 0 radical (unpaired) electrons. The number of anilines is 1. The van der Waals surface area contributed by atoms with Gasteiger partial charge in [-0.15, -0.1) is 0 Å². The third-order valence-corrected chi connectivity index (χ3v) is 5.75. The third kappa shape index (κ3) is 4.78. The Morgan fingerprint density at radius 3 is 2.25 bits per heavy atom. The molecule has 0 aliphatic carbocycles. The van der Waals surface area contributed by atoms with Crippen molar-refractivity contribution in [3.63, 3.8) is 0 Å². The molecule has 0 fully saturated rings. The second kappa shape index (κ2) is 8.27. The Labute approximate surface area is 165 Å². The van der Waals surface area contributed by atoms with Gasteiger partial charge in [0.2, 0.25) is 0 Å². The Kier molecular flexibility index (Phi) is 5.80. The maximum Gasteiger partial charge on any atom is 0.261 e. The summed E-state index contributed by atoms with van der Waals surface area (Å²) in [5, 5.41) is 2.92. The van der Waals surface area contributed by atoms with Gasteiger partial charge in [0.25, 0.3) is 15.9 Å². The summed E-state index contributed by atoms with van der Waals surface area (Å²) in [6.07, 6.45) is 0. The molecule has 3 aromatic rings. The zero-order chi connectivity index (χ0) is 20.1. The maximum absolute atomic E-state index is 12.6. The number of amides is 1. The van der Waals surface area contributed by atoms with Crippen molar-refractivity contribution in [2.75, 3.05) is 4.72 Å². The number of benzene rings is 3. The molecule has 6 heteroatoms. The zero-order valence-electron chi connectivity index (χ0n) is 15.7. The Hall–Kier alpha value is -3.12. The fourth-order valence-electron chi connectivity index (χ4n) is 2.76. The van der Waals surface area contributed by atoms with E-state index in [2.05, 4.69) is 10.0 Å². The highest BCUT2D eigenvalue weighted by Crippen LogP contribution is 2.19. The number of carbonyl (C=O) groups is 1. The van der Waals surface area contributed by atoms with Gasteiger partial charge in [0, 0.05) is 11.3 Å². The highest BCUT2D eigenvalue weighted by atomic mass is 32.2. The first kappa shape index (κ1) is 19.6. The summed E-state index contributed by atoms with van der Waals surface area (Å²) in [5.41, 5.74) is 2.68. The van der Waals surface area contributed by atoms with Crippen LogP contribution in [0.1, 0.15) is 34.5 Å². The number of hydrogen-bond donors (Lipinski definition) is 2. The molecule has 2 N–H and O–H groups in total. The van der Waals surface area contributed by atoms with Crippen LogP contribution in [-0.4, -0.2) is 14.3 Å². The Balaban J connectivity index is 1.74. The SMILES string of the molecule is Cc1ccc(S(=O)(=O)Nc2cccc(C(=O)N[C@H](C)c3ccccc3)c2)cc1. The number of nitrogens with one attached hydrogen (secondary N) is 2. The molecule has 0 saturated heterocycles. The van der Waals surface area contributed by atoms with Crippen LogP contribution in [0.15, 0.2) is 83.8 Å². The van der Waals surface area contributed by atoms with E-state index in [1.54, 1.807) is 42.5 Å². The topological polar surface area (TPSA) is 75.3 Å². The molecule has 0 aliphatic heterocycles. The van der Waals surface area contributed by atoms with Crippen LogP contribution < -0.4 is 10.0 Å². The summed E-state index contributed by atoms with van der Waals surface area (Å²) < 4.78 is 27.6. The predicted octanol–water partition coefficient (Wildman–Crippen LogP) is 4.29. The number of rotatable bonds is 6. The molecule has 144 valence electrons. The highest BCUT2D eigenvalue weighted by Gasteiger charge is 2.16. The highest BCUT2D eigenvalue weighted by molar-refractivity contribution is 7.92. The fourth-order valence-corrected chi connectivity index (χ4v) is 3.81. The van der Waals surface area contributed by atoms with E-state index in [0.29, 0.717) is 11.3 Å². The van der Waals surface area contributed by atoms with Crippen molar-refractivity contribution in [2.24, 2.45) is 0 Å². The monoisotopic (exact) mass is 394 g/mol. The largest absolute Gasteiger partial charge is 0.346 e. The second-order valence-corrected chi connectivity index (χ2v) is 8.29. The van der Waals surface area contributed by atoms with Crippen LogP contribution in [-0.2, 0) is 10.0 Å². The Morgan fingerprint density at radius 2 is 1.57 bits per heavy atom.